The molecule has 2 aliphatic heterocycles. The zero-order valence-corrected chi connectivity index (χ0v) is 19.4. The van der Waals surface area contributed by atoms with Crippen molar-refractivity contribution < 1.29 is 14.3 Å². The number of hydrogen-bond acceptors (Lipinski definition) is 6. The molecule has 1 aromatic heterocycles. The molecule has 1 saturated heterocycles. The number of fused-ring (bicyclic) bond motifs is 1. The highest BCUT2D eigenvalue weighted by Crippen LogP contribution is 2.33. The largest absolute Gasteiger partial charge is 0.497 e. The Labute approximate surface area is 190 Å². The monoisotopic (exact) mass is 438 g/mol. The first-order valence-corrected chi connectivity index (χ1v) is 11.7. The number of hydrogen-bond donors (Lipinski definition) is 0. The van der Waals surface area contributed by atoms with Gasteiger partial charge < -0.3 is 14.4 Å². The van der Waals surface area contributed by atoms with Crippen LogP contribution in [0.1, 0.15) is 50.1 Å². The average molecular weight is 439 g/mol. The molecule has 2 aromatic rings. The minimum Gasteiger partial charge on any atom is -0.497 e. The second kappa shape index (κ2) is 10.3. The third kappa shape index (κ3) is 5.38. The van der Waals surface area contributed by atoms with Crippen LogP contribution in [-0.4, -0.2) is 58.5 Å². The number of ether oxygens (including phenoxy) is 2. The summed E-state index contributed by atoms with van der Waals surface area (Å²) in [6.07, 6.45) is 8.10. The molecule has 2 aliphatic rings. The molecule has 0 aliphatic carbocycles. The first-order valence-electron chi connectivity index (χ1n) is 11.7. The van der Waals surface area contributed by atoms with E-state index in [0.29, 0.717) is 19.0 Å². The van der Waals surface area contributed by atoms with Crippen molar-refractivity contribution in [3.63, 3.8) is 0 Å². The molecule has 7 nitrogen and oxygen atoms in total. The molecule has 0 N–H and O–H groups in total. The zero-order chi connectivity index (χ0) is 22.5. The summed E-state index contributed by atoms with van der Waals surface area (Å²) < 4.78 is 11.9. The molecule has 3 heterocycles. The normalized spacial score (nSPS) is 21.4. The van der Waals surface area contributed by atoms with Gasteiger partial charge in [-0.15, -0.1) is 0 Å². The van der Waals surface area contributed by atoms with Crippen LogP contribution in [0.15, 0.2) is 30.6 Å². The van der Waals surface area contributed by atoms with E-state index in [0.717, 1.165) is 73.8 Å². The number of carbonyl (C=O) groups is 1. The number of benzene rings is 1. The first-order chi connectivity index (χ1) is 15.6. The van der Waals surface area contributed by atoms with Gasteiger partial charge in [-0.2, -0.15) is 0 Å². The minimum atomic E-state index is -0.0282. The van der Waals surface area contributed by atoms with Crippen LogP contribution in [0.4, 0.5) is 0 Å². The molecule has 1 fully saturated rings. The summed E-state index contributed by atoms with van der Waals surface area (Å²) in [5, 5.41) is 0. The third-order valence-corrected chi connectivity index (χ3v) is 6.46. The van der Waals surface area contributed by atoms with Crippen molar-refractivity contribution >= 4 is 5.91 Å². The van der Waals surface area contributed by atoms with Crippen molar-refractivity contribution in [1.29, 1.82) is 0 Å². The van der Waals surface area contributed by atoms with E-state index in [1.54, 1.807) is 14.0 Å². The number of rotatable bonds is 6. The molecule has 32 heavy (non-hydrogen) atoms. The minimum absolute atomic E-state index is 0.0282. The van der Waals surface area contributed by atoms with Crippen molar-refractivity contribution in [1.82, 2.24) is 19.8 Å². The Bertz CT molecular complexity index is 918. The summed E-state index contributed by atoms with van der Waals surface area (Å²) in [6.45, 7) is 7.79. The van der Waals surface area contributed by atoms with Crippen molar-refractivity contribution in [2.45, 2.75) is 58.7 Å². The van der Waals surface area contributed by atoms with E-state index in [1.807, 2.05) is 35.5 Å². The van der Waals surface area contributed by atoms with E-state index in [9.17, 15) is 4.79 Å². The molecule has 172 valence electrons. The number of piperidine rings is 1. The number of amides is 1. The molecule has 0 bridgehead atoms. The van der Waals surface area contributed by atoms with Crippen LogP contribution in [0.3, 0.4) is 0 Å². The molecular weight excluding hydrogens is 404 g/mol. The SMILES string of the molecule is CCCc1ncc(CN2CCC[C@H]([C@H]3CN(C(C)=O)Cc4cc(OC)ccc4O3)C2)cn1. The molecule has 2 atom stereocenters. The topological polar surface area (TPSA) is 67.8 Å². The lowest BCUT2D eigenvalue weighted by Crippen LogP contribution is -2.46. The molecule has 4 rings (SSSR count). The second-order valence-corrected chi connectivity index (χ2v) is 8.92. The fourth-order valence-corrected chi connectivity index (χ4v) is 4.71. The Morgan fingerprint density at radius 1 is 1.25 bits per heavy atom. The van der Waals surface area contributed by atoms with Gasteiger partial charge in [-0.25, -0.2) is 9.97 Å². The first kappa shape index (κ1) is 22.5. The summed E-state index contributed by atoms with van der Waals surface area (Å²) in [6, 6.07) is 5.87. The van der Waals surface area contributed by atoms with Crippen LogP contribution in [0, 0.1) is 5.92 Å². The highest BCUT2D eigenvalue weighted by Gasteiger charge is 2.33. The molecule has 0 spiro atoms. The maximum Gasteiger partial charge on any atom is 0.219 e. The van der Waals surface area contributed by atoms with Crippen molar-refractivity contribution in [2.24, 2.45) is 5.92 Å². The molecular formula is C25H34N4O3. The van der Waals surface area contributed by atoms with Gasteiger partial charge >= 0.3 is 0 Å². The van der Waals surface area contributed by atoms with Crippen molar-refractivity contribution in [2.75, 3.05) is 26.7 Å². The van der Waals surface area contributed by atoms with E-state index in [2.05, 4.69) is 21.8 Å². The van der Waals surface area contributed by atoms with Gasteiger partial charge in [0.25, 0.3) is 0 Å². The second-order valence-electron chi connectivity index (χ2n) is 8.92. The molecule has 0 radical (unpaired) electrons. The van der Waals surface area contributed by atoms with Gasteiger partial charge in [-0.05, 0) is 44.0 Å². The van der Waals surface area contributed by atoms with E-state index in [4.69, 9.17) is 9.47 Å². The smallest absolute Gasteiger partial charge is 0.219 e. The molecule has 0 unspecified atom stereocenters. The Kier molecular flexibility index (Phi) is 7.25. The molecule has 0 saturated carbocycles. The maximum absolute atomic E-state index is 12.3. The number of aryl methyl sites for hydroxylation is 1. The maximum atomic E-state index is 12.3. The van der Waals surface area contributed by atoms with E-state index >= 15 is 0 Å². The third-order valence-electron chi connectivity index (χ3n) is 6.46. The number of methoxy groups -OCH3 is 1. The quantitative estimate of drug-likeness (QED) is 0.688. The van der Waals surface area contributed by atoms with Crippen molar-refractivity contribution in [3.8, 4) is 11.5 Å². The molecule has 7 heteroatoms. The van der Waals surface area contributed by atoms with Gasteiger partial charge in [0.05, 0.1) is 13.7 Å². The van der Waals surface area contributed by atoms with E-state index in [1.165, 1.54) is 0 Å². The number of aromatic nitrogens is 2. The Balaban J connectivity index is 1.46. The fraction of sp³-hybridized carbons (Fsp3) is 0.560. The van der Waals surface area contributed by atoms with Gasteiger partial charge in [-0.1, -0.05) is 6.92 Å². The molecule has 1 aromatic carbocycles. The summed E-state index contributed by atoms with van der Waals surface area (Å²) in [5.74, 6) is 2.99. The number of carbonyl (C=O) groups excluding carboxylic acids is 1. The fourth-order valence-electron chi connectivity index (χ4n) is 4.71. The van der Waals surface area contributed by atoms with Gasteiger partial charge in [0.2, 0.25) is 5.91 Å². The summed E-state index contributed by atoms with van der Waals surface area (Å²) in [4.78, 5) is 25.7. The van der Waals surface area contributed by atoms with Crippen LogP contribution in [-0.2, 0) is 24.3 Å². The summed E-state index contributed by atoms with van der Waals surface area (Å²) in [7, 11) is 1.66. The average Bonchev–Trinajstić information content (AvgIpc) is 3.00. The van der Waals surface area contributed by atoms with Crippen LogP contribution in [0.2, 0.25) is 0 Å². The predicted octanol–water partition coefficient (Wildman–Crippen LogP) is 3.46. The Morgan fingerprint density at radius 2 is 2.06 bits per heavy atom. The lowest BCUT2D eigenvalue weighted by Gasteiger charge is -2.37. The highest BCUT2D eigenvalue weighted by molar-refractivity contribution is 5.73. The Morgan fingerprint density at radius 3 is 2.78 bits per heavy atom. The van der Waals surface area contributed by atoms with Crippen LogP contribution < -0.4 is 9.47 Å². The van der Waals surface area contributed by atoms with E-state index < -0.39 is 0 Å². The van der Waals surface area contributed by atoms with Gasteiger partial charge in [0, 0.05) is 62.4 Å². The van der Waals surface area contributed by atoms with Crippen molar-refractivity contribution in [3.05, 3.63) is 47.5 Å². The lowest BCUT2D eigenvalue weighted by molar-refractivity contribution is -0.130. The zero-order valence-electron chi connectivity index (χ0n) is 19.4. The number of nitrogens with zero attached hydrogens (tertiary/aromatic N) is 4. The van der Waals surface area contributed by atoms with E-state index in [-0.39, 0.29) is 12.0 Å². The van der Waals surface area contributed by atoms with Crippen LogP contribution in [0.25, 0.3) is 0 Å². The lowest BCUT2D eigenvalue weighted by atomic mass is 9.91. The summed E-state index contributed by atoms with van der Waals surface area (Å²) in [5.41, 5.74) is 2.15. The highest BCUT2D eigenvalue weighted by atomic mass is 16.5. The molecule has 1 amide bonds. The standard InChI is InChI=1S/C25H34N4O3/c1-4-6-25-26-12-19(13-27-25)14-28-10-5-7-20(15-28)24-17-29(18(2)30)16-21-11-22(31-3)8-9-23(21)32-24/h8-9,11-13,20,24H,4-7,10,14-17H2,1-3H3/t20-,24+/m0/s1. The van der Waals surface area contributed by atoms with Gasteiger partial charge in [0.1, 0.15) is 23.4 Å². The van der Waals surface area contributed by atoms with Crippen LogP contribution in [0.5, 0.6) is 11.5 Å². The van der Waals surface area contributed by atoms with Gasteiger partial charge in [-0.3, -0.25) is 9.69 Å². The van der Waals surface area contributed by atoms with Gasteiger partial charge in [0.15, 0.2) is 0 Å². The predicted molar refractivity (Wildman–Crippen MR) is 123 cm³/mol. The summed E-state index contributed by atoms with van der Waals surface area (Å²) >= 11 is 0. The number of likely N-dealkylation sites (tertiary alicyclic amines) is 1. The Hall–Kier alpha value is -2.67. The van der Waals surface area contributed by atoms with Crippen LogP contribution >= 0.6 is 0 Å².